The van der Waals surface area contributed by atoms with Gasteiger partial charge in [0, 0.05) is 13.1 Å². The summed E-state index contributed by atoms with van der Waals surface area (Å²) in [5.41, 5.74) is 1.05. The van der Waals surface area contributed by atoms with E-state index in [9.17, 15) is 4.79 Å². The van der Waals surface area contributed by atoms with Gasteiger partial charge in [0.1, 0.15) is 16.4 Å². The van der Waals surface area contributed by atoms with Crippen LogP contribution >= 0.6 is 11.6 Å². The third kappa shape index (κ3) is 4.60. The molecular weight excluding hydrogens is 396 g/mol. The van der Waals surface area contributed by atoms with Crippen LogP contribution in [0.4, 0.5) is 16.2 Å². The van der Waals surface area contributed by atoms with Gasteiger partial charge in [0.15, 0.2) is 0 Å². The third-order valence-corrected chi connectivity index (χ3v) is 5.34. The van der Waals surface area contributed by atoms with Gasteiger partial charge in [-0.05, 0) is 52.2 Å². The van der Waals surface area contributed by atoms with E-state index < -0.39 is 11.9 Å². The van der Waals surface area contributed by atoms with Crippen molar-refractivity contribution < 1.29 is 14.3 Å². The van der Waals surface area contributed by atoms with Crippen LogP contribution in [0.2, 0.25) is 5.02 Å². The highest BCUT2D eigenvalue weighted by Crippen LogP contribution is 2.47. The molecule has 2 aliphatic heterocycles. The van der Waals surface area contributed by atoms with Gasteiger partial charge in [0.25, 0.3) is 0 Å². The second kappa shape index (κ2) is 8.52. The highest BCUT2D eigenvalue weighted by molar-refractivity contribution is 6.35. The minimum Gasteiger partial charge on any atom is -0.495 e. The molecule has 2 atom stereocenters. The number of likely N-dealkylation sites (tertiary alicyclic amines) is 1. The molecule has 0 bridgehead atoms. The zero-order valence-corrected chi connectivity index (χ0v) is 18.1. The number of anilines is 2. The van der Waals surface area contributed by atoms with Crippen molar-refractivity contribution in [3.63, 3.8) is 0 Å². The van der Waals surface area contributed by atoms with Gasteiger partial charge in [0.05, 0.1) is 24.5 Å². The first-order valence-electron chi connectivity index (χ1n) is 9.74. The maximum Gasteiger partial charge on any atom is 0.410 e. The molecule has 9 nitrogen and oxygen atoms in total. The standard InChI is InChI=1S/C19H29ClN6O3/c1-19(2,3)29-18(27)25-10-6-5-7-12(11-25)26-16-13(22-17(26)23-24-21)8-9-14(28-4)15(16)20/h8-9,12,17,22H,5-7,10-11H2,1-4H3,(H2,21,23)/t12-,17?/m1/s1. The number of benzene rings is 1. The van der Waals surface area contributed by atoms with Crippen molar-refractivity contribution in [2.45, 2.75) is 58.0 Å². The summed E-state index contributed by atoms with van der Waals surface area (Å²) >= 11 is 6.65. The molecule has 3 rings (SSSR count). The number of nitrogens with zero attached hydrogens (tertiary/aromatic N) is 4. The minimum atomic E-state index is -0.548. The number of carbonyl (C=O) groups excluding carboxylic acids is 1. The highest BCUT2D eigenvalue weighted by Gasteiger charge is 2.39. The van der Waals surface area contributed by atoms with E-state index in [1.54, 1.807) is 18.1 Å². The smallest absolute Gasteiger partial charge is 0.410 e. The fourth-order valence-corrected chi connectivity index (χ4v) is 4.11. The molecule has 2 heterocycles. The lowest BCUT2D eigenvalue weighted by Crippen LogP contribution is -2.49. The Kier molecular flexibility index (Phi) is 6.26. The van der Waals surface area contributed by atoms with Crippen LogP contribution in [0.1, 0.15) is 40.0 Å². The van der Waals surface area contributed by atoms with Gasteiger partial charge >= 0.3 is 6.09 Å². The number of ether oxygens (including phenoxy) is 2. The lowest BCUT2D eigenvalue weighted by atomic mass is 10.1. The van der Waals surface area contributed by atoms with Gasteiger partial charge in [-0.15, -0.1) is 5.11 Å². The molecule has 3 N–H and O–H groups in total. The molecule has 1 unspecified atom stereocenters. The molecule has 2 aliphatic rings. The Labute approximate surface area is 176 Å². The minimum absolute atomic E-state index is 0.0427. The monoisotopic (exact) mass is 424 g/mol. The summed E-state index contributed by atoms with van der Waals surface area (Å²) in [5, 5.41) is 11.4. The number of carbonyl (C=O) groups is 1. The number of rotatable bonds is 3. The lowest BCUT2D eigenvalue weighted by Gasteiger charge is -2.35. The predicted molar refractivity (Wildman–Crippen MR) is 112 cm³/mol. The molecule has 1 fully saturated rings. The van der Waals surface area contributed by atoms with E-state index in [1.807, 2.05) is 31.7 Å². The Hall–Kier alpha value is -2.42. The fraction of sp³-hybridized carbons (Fsp3) is 0.632. The van der Waals surface area contributed by atoms with Gasteiger partial charge < -0.3 is 30.4 Å². The number of hydrogen-bond acceptors (Lipinski definition) is 7. The number of methoxy groups -OCH3 is 1. The number of halogens is 1. The van der Waals surface area contributed by atoms with Gasteiger partial charge in [-0.25, -0.2) is 4.79 Å². The number of nitrogens with one attached hydrogen (secondary N) is 1. The highest BCUT2D eigenvalue weighted by atomic mass is 35.5. The van der Waals surface area contributed by atoms with Crippen LogP contribution in [0.25, 0.3) is 0 Å². The largest absolute Gasteiger partial charge is 0.495 e. The summed E-state index contributed by atoms with van der Waals surface area (Å²) in [6.07, 6.45) is 1.90. The lowest BCUT2D eigenvalue weighted by molar-refractivity contribution is 0.0248. The molecule has 29 heavy (non-hydrogen) atoms. The normalized spacial score (nSPS) is 22.2. The maximum atomic E-state index is 12.7. The molecule has 0 spiro atoms. The Bertz CT molecular complexity index is 782. The second-order valence-corrected chi connectivity index (χ2v) is 8.59. The average molecular weight is 425 g/mol. The van der Waals surface area contributed by atoms with Gasteiger partial charge in [-0.3, -0.25) is 0 Å². The first kappa shape index (κ1) is 21.3. The van der Waals surface area contributed by atoms with Crippen LogP contribution in [0.3, 0.4) is 0 Å². The van der Waals surface area contributed by atoms with E-state index in [-0.39, 0.29) is 12.1 Å². The molecule has 0 aliphatic carbocycles. The number of hydrogen-bond donors (Lipinski definition) is 2. The molecule has 160 valence electrons. The fourth-order valence-electron chi connectivity index (χ4n) is 3.77. The summed E-state index contributed by atoms with van der Waals surface area (Å²) in [6.45, 7) is 6.73. The third-order valence-electron chi connectivity index (χ3n) is 4.97. The van der Waals surface area contributed by atoms with Crippen LogP contribution in [-0.2, 0) is 4.74 Å². The van der Waals surface area contributed by atoms with Gasteiger partial charge in [0.2, 0.25) is 6.29 Å². The van der Waals surface area contributed by atoms with E-state index in [4.69, 9.17) is 26.9 Å². The van der Waals surface area contributed by atoms with Crippen molar-refractivity contribution in [3.05, 3.63) is 17.2 Å². The molecule has 1 amide bonds. The van der Waals surface area contributed by atoms with Gasteiger partial charge in [-0.2, -0.15) is 0 Å². The Balaban J connectivity index is 1.93. The summed E-state index contributed by atoms with van der Waals surface area (Å²) in [6, 6.07) is 3.65. The van der Waals surface area contributed by atoms with Crippen LogP contribution in [0.15, 0.2) is 22.5 Å². The van der Waals surface area contributed by atoms with E-state index in [1.165, 1.54) is 0 Å². The van der Waals surface area contributed by atoms with Crippen molar-refractivity contribution in [2.24, 2.45) is 16.2 Å². The number of nitrogens with two attached hydrogens (primary N) is 1. The van der Waals surface area contributed by atoms with E-state index >= 15 is 0 Å². The molecule has 0 radical (unpaired) electrons. The number of fused-ring (bicyclic) bond motifs is 1. The number of amides is 1. The quantitative estimate of drug-likeness (QED) is 0.432. The molecule has 0 aromatic heterocycles. The van der Waals surface area contributed by atoms with Gasteiger partial charge in [-0.1, -0.05) is 16.8 Å². The van der Waals surface area contributed by atoms with Crippen LogP contribution < -0.4 is 20.8 Å². The zero-order valence-electron chi connectivity index (χ0n) is 17.3. The average Bonchev–Trinajstić information content (AvgIpc) is 2.84. The maximum absolute atomic E-state index is 12.7. The summed E-state index contributed by atoms with van der Waals surface area (Å²) in [5.74, 6) is 5.92. The first-order chi connectivity index (χ1) is 13.7. The van der Waals surface area contributed by atoms with Crippen molar-refractivity contribution in [3.8, 4) is 5.75 Å². The van der Waals surface area contributed by atoms with E-state index in [2.05, 4.69) is 15.7 Å². The summed E-state index contributed by atoms with van der Waals surface area (Å²) in [7, 11) is 1.58. The van der Waals surface area contributed by atoms with Crippen molar-refractivity contribution in [1.29, 1.82) is 0 Å². The molecular formula is C19H29ClN6O3. The molecule has 1 saturated heterocycles. The van der Waals surface area contributed by atoms with Crippen molar-refractivity contribution in [2.75, 3.05) is 30.4 Å². The van der Waals surface area contributed by atoms with Crippen molar-refractivity contribution in [1.82, 2.24) is 4.90 Å². The molecule has 0 saturated carbocycles. The summed E-state index contributed by atoms with van der Waals surface area (Å²) in [4.78, 5) is 16.5. The Morgan fingerprint density at radius 1 is 1.34 bits per heavy atom. The van der Waals surface area contributed by atoms with E-state index in [0.29, 0.717) is 23.9 Å². The Morgan fingerprint density at radius 3 is 2.76 bits per heavy atom. The zero-order chi connectivity index (χ0) is 21.2. The molecule has 1 aromatic rings. The van der Waals surface area contributed by atoms with Crippen molar-refractivity contribution >= 4 is 29.1 Å². The predicted octanol–water partition coefficient (Wildman–Crippen LogP) is 3.98. The molecule has 10 heteroatoms. The van der Waals surface area contributed by atoms with Crippen LogP contribution in [0.5, 0.6) is 5.75 Å². The second-order valence-electron chi connectivity index (χ2n) is 8.21. The van der Waals surface area contributed by atoms with Crippen LogP contribution in [0, 0.1) is 0 Å². The van der Waals surface area contributed by atoms with Crippen LogP contribution in [-0.4, -0.2) is 49.1 Å². The first-order valence-corrected chi connectivity index (χ1v) is 10.1. The topological polar surface area (TPSA) is 105 Å². The molecule has 1 aromatic carbocycles. The Morgan fingerprint density at radius 2 is 2.10 bits per heavy atom. The summed E-state index contributed by atoms with van der Waals surface area (Å²) < 4.78 is 11.0. The van der Waals surface area contributed by atoms with E-state index in [0.717, 1.165) is 30.6 Å². The SMILES string of the molecule is COc1ccc2c(c1Cl)N([C@@H]1CCCCN(C(=O)OC(C)(C)C)C1)C(N=NN)N2.